The third kappa shape index (κ3) is 4.37. The number of benzene rings is 1. The molecule has 1 aliphatic heterocycles. The summed E-state index contributed by atoms with van der Waals surface area (Å²) < 4.78 is 5.16. The Labute approximate surface area is 122 Å². The fraction of sp³-hybridized carbons (Fsp3) is 0.600. The monoisotopic (exact) mass is 284 g/mol. The van der Waals surface area contributed by atoms with Crippen LogP contribution in [0.25, 0.3) is 0 Å². The van der Waals surface area contributed by atoms with Gasteiger partial charge >= 0.3 is 0 Å². The Morgan fingerprint density at radius 2 is 2.00 bits per heavy atom. The van der Waals surface area contributed by atoms with Crippen molar-refractivity contribution < 1.29 is 4.74 Å². The van der Waals surface area contributed by atoms with Crippen LogP contribution in [0.2, 0.25) is 0 Å². The Morgan fingerprint density at radius 1 is 1.32 bits per heavy atom. The average Bonchev–Trinajstić information content (AvgIpc) is 2.80. The summed E-state index contributed by atoms with van der Waals surface area (Å²) in [7, 11) is 1.70. The smallest absolute Gasteiger partial charge is 0.118 e. The Morgan fingerprint density at radius 3 is 2.53 bits per heavy atom. The van der Waals surface area contributed by atoms with Gasteiger partial charge in [0.25, 0.3) is 0 Å². The number of methoxy groups -OCH3 is 1. The molecule has 0 saturated carbocycles. The molecule has 0 spiro atoms. The number of ether oxygens (including phenoxy) is 1. The summed E-state index contributed by atoms with van der Waals surface area (Å²) in [5.74, 6) is 0.927. The van der Waals surface area contributed by atoms with Crippen molar-refractivity contribution in [2.45, 2.75) is 19.8 Å². The zero-order chi connectivity index (χ0) is 13.0. The summed E-state index contributed by atoms with van der Waals surface area (Å²) in [6.45, 7) is 6.54. The van der Waals surface area contributed by atoms with Crippen LogP contribution >= 0.6 is 12.4 Å². The van der Waals surface area contributed by atoms with E-state index < -0.39 is 0 Å². The molecule has 4 heteroatoms. The number of hydrogen-bond acceptors (Lipinski definition) is 3. The van der Waals surface area contributed by atoms with Crippen molar-refractivity contribution in [3.8, 4) is 5.75 Å². The van der Waals surface area contributed by atoms with E-state index in [0.717, 1.165) is 31.8 Å². The first-order valence-corrected chi connectivity index (χ1v) is 6.70. The fourth-order valence-electron chi connectivity index (χ4n) is 2.56. The van der Waals surface area contributed by atoms with E-state index in [-0.39, 0.29) is 12.4 Å². The van der Waals surface area contributed by atoms with Gasteiger partial charge in [-0.15, -0.1) is 12.4 Å². The number of hydrogen-bond donors (Lipinski definition) is 1. The second-order valence-electron chi connectivity index (χ2n) is 5.64. The maximum atomic E-state index is 5.83. The highest BCUT2D eigenvalue weighted by Gasteiger charge is 2.31. The molecule has 1 atom stereocenters. The molecule has 19 heavy (non-hydrogen) atoms. The molecule has 1 aromatic rings. The molecule has 0 aliphatic carbocycles. The highest BCUT2D eigenvalue weighted by atomic mass is 35.5. The van der Waals surface area contributed by atoms with Crippen molar-refractivity contribution in [3.63, 3.8) is 0 Å². The van der Waals surface area contributed by atoms with Crippen LogP contribution in [0.4, 0.5) is 0 Å². The molecular weight excluding hydrogens is 260 g/mol. The first-order chi connectivity index (χ1) is 8.65. The standard InChI is InChI=1S/C15H24N2O.ClH/c1-15(11-16)8-10-17(12-15)9-7-13-3-5-14(18-2)6-4-13;/h3-6H,7-12,16H2,1-2H3;1H. The van der Waals surface area contributed by atoms with Gasteiger partial charge in [0.2, 0.25) is 0 Å². The lowest BCUT2D eigenvalue weighted by molar-refractivity contribution is 0.283. The van der Waals surface area contributed by atoms with Crippen LogP contribution in [0, 0.1) is 5.41 Å². The van der Waals surface area contributed by atoms with Crippen molar-refractivity contribution in [2.24, 2.45) is 11.1 Å². The minimum absolute atomic E-state index is 0. The van der Waals surface area contributed by atoms with Crippen LogP contribution in [-0.2, 0) is 6.42 Å². The van der Waals surface area contributed by atoms with E-state index in [1.165, 1.54) is 18.5 Å². The molecule has 1 aliphatic rings. The van der Waals surface area contributed by atoms with Gasteiger partial charge in [0.1, 0.15) is 5.75 Å². The van der Waals surface area contributed by atoms with Crippen LogP contribution in [0.1, 0.15) is 18.9 Å². The van der Waals surface area contributed by atoms with Gasteiger partial charge in [-0.3, -0.25) is 0 Å². The fourth-order valence-corrected chi connectivity index (χ4v) is 2.56. The van der Waals surface area contributed by atoms with E-state index in [1.54, 1.807) is 7.11 Å². The maximum absolute atomic E-state index is 5.83. The third-order valence-electron chi connectivity index (χ3n) is 4.01. The molecule has 3 nitrogen and oxygen atoms in total. The average molecular weight is 285 g/mol. The van der Waals surface area contributed by atoms with Crippen LogP contribution in [0.5, 0.6) is 5.75 Å². The molecule has 2 rings (SSSR count). The predicted octanol–water partition coefficient (Wildman–Crippen LogP) is 2.33. The zero-order valence-corrected chi connectivity index (χ0v) is 12.7. The normalized spacial score (nSPS) is 23.1. The highest BCUT2D eigenvalue weighted by Crippen LogP contribution is 2.28. The van der Waals surface area contributed by atoms with Crippen molar-refractivity contribution >= 4 is 12.4 Å². The molecule has 1 aromatic carbocycles. The maximum Gasteiger partial charge on any atom is 0.118 e. The molecule has 2 N–H and O–H groups in total. The van der Waals surface area contributed by atoms with Gasteiger partial charge in [-0.1, -0.05) is 19.1 Å². The van der Waals surface area contributed by atoms with Gasteiger partial charge in [-0.25, -0.2) is 0 Å². The Bertz CT molecular complexity index is 382. The van der Waals surface area contributed by atoms with Crippen LogP contribution < -0.4 is 10.5 Å². The van der Waals surface area contributed by atoms with Crippen LogP contribution in [0.3, 0.4) is 0 Å². The first kappa shape index (κ1) is 16.3. The SMILES string of the molecule is COc1ccc(CCN2CCC(C)(CN)C2)cc1.Cl. The molecule has 1 fully saturated rings. The highest BCUT2D eigenvalue weighted by molar-refractivity contribution is 5.85. The predicted molar refractivity (Wildman–Crippen MR) is 82.2 cm³/mol. The van der Waals surface area contributed by atoms with Crippen molar-refractivity contribution in [3.05, 3.63) is 29.8 Å². The van der Waals surface area contributed by atoms with Crippen molar-refractivity contribution in [2.75, 3.05) is 33.3 Å². The summed E-state index contributed by atoms with van der Waals surface area (Å²) in [4.78, 5) is 2.52. The van der Waals surface area contributed by atoms with Gasteiger partial charge in [0.05, 0.1) is 7.11 Å². The Balaban J connectivity index is 0.00000180. The quantitative estimate of drug-likeness (QED) is 0.902. The third-order valence-corrected chi connectivity index (χ3v) is 4.01. The molecule has 0 aromatic heterocycles. The lowest BCUT2D eigenvalue weighted by Crippen LogP contribution is -2.32. The molecule has 0 bridgehead atoms. The van der Waals surface area contributed by atoms with E-state index in [0.29, 0.717) is 5.41 Å². The van der Waals surface area contributed by atoms with Crippen molar-refractivity contribution in [1.82, 2.24) is 4.90 Å². The van der Waals surface area contributed by atoms with Gasteiger partial charge < -0.3 is 15.4 Å². The number of rotatable bonds is 5. The molecule has 108 valence electrons. The van der Waals surface area contributed by atoms with Crippen LogP contribution in [0.15, 0.2) is 24.3 Å². The summed E-state index contributed by atoms with van der Waals surface area (Å²) in [6, 6.07) is 8.36. The summed E-state index contributed by atoms with van der Waals surface area (Å²) in [5, 5.41) is 0. The van der Waals surface area contributed by atoms with Gasteiger partial charge in [0.15, 0.2) is 0 Å². The minimum Gasteiger partial charge on any atom is -0.497 e. The second-order valence-corrected chi connectivity index (χ2v) is 5.64. The Hall–Kier alpha value is -0.770. The van der Waals surface area contributed by atoms with Gasteiger partial charge in [0, 0.05) is 13.1 Å². The first-order valence-electron chi connectivity index (χ1n) is 6.70. The van der Waals surface area contributed by atoms with Crippen molar-refractivity contribution in [1.29, 1.82) is 0 Å². The number of nitrogens with zero attached hydrogens (tertiary/aromatic N) is 1. The van der Waals surface area contributed by atoms with Gasteiger partial charge in [-0.05, 0) is 49.0 Å². The van der Waals surface area contributed by atoms with Gasteiger partial charge in [-0.2, -0.15) is 0 Å². The van der Waals surface area contributed by atoms with E-state index in [2.05, 4.69) is 24.0 Å². The van der Waals surface area contributed by atoms with E-state index >= 15 is 0 Å². The number of halogens is 1. The zero-order valence-electron chi connectivity index (χ0n) is 11.9. The molecule has 0 radical (unpaired) electrons. The lowest BCUT2D eigenvalue weighted by Gasteiger charge is -2.22. The summed E-state index contributed by atoms with van der Waals surface area (Å²) in [5.41, 5.74) is 7.53. The molecule has 1 unspecified atom stereocenters. The number of nitrogens with two attached hydrogens (primary N) is 1. The molecule has 1 saturated heterocycles. The lowest BCUT2D eigenvalue weighted by atomic mass is 9.90. The van der Waals surface area contributed by atoms with E-state index in [1.807, 2.05) is 12.1 Å². The summed E-state index contributed by atoms with van der Waals surface area (Å²) in [6.07, 6.45) is 2.33. The molecule has 1 heterocycles. The van der Waals surface area contributed by atoms with E-state index in [4.69, 9.17) is 10.5 Å². The van der Waals surface area contributed by atoms with Crippen LogP contribution in [-0.4, -0.2) is 38.2 Å². The molecule has 0 amide bonds. The van der Waals surface area contributed by atoms with E-state index in [9.17, 15) is 0 Å². The largest absolute Gasteiger partial charge is 0.497 e. The summed E-state index contributed by atoms with van der Waals surface area (Å²) >= 11 is 0. The molecular formula is C15H25ClN2O. The number of likely N-dealkylation sites (tertiary alicyclic amines) is 1. The minimum atomic E-state index is 0. The Kier molecular flexibility index (Phi) is 6.11. The second kappa shape index (κ2) is 7.13. The topological polar surface area (TPSA) is 38.5 Å².